The number of amides is 2. The zero-order chi connectivity index (χ0) is 22.5. The average molecular weight is 440 g/mol. The first-order chi connectivity index (χ1) is 15.5. The number of hydrogen-bond acceptors (Lipinski definition) is 7. The van der Waals surface area contributed by atoms with E-state index in [9.17, 15) is 9.59 Å². The number of carbonyl (C=O) groups excluding carboxylic acids is 2. The van der Waals surface area contributed by atoms with Crippen molar-refractivity contribution in [1.29, 1.82) is 0 Å². The summed E-state index contributed by atoms with van der Waals surface area (Å²) in [6, 6.07) is 6.91. The van der Waals surface area contributed by atoms with Crippen LogP contribution in [-0.2, 0) is 20.9 Å². The third kappa shape index (κ3) is 3.03. The van der Waals surface area contributed by atoms with E-state index in [2.05, 4.69) is 5.32 Å². The van der Waals surface area contributed by atoms with Gasteiger partial charge >= 0.3 is 0 Å². The van der Waals surface area contributed by atoms with E-state index in [1.54, 1.807) is 29.4 Å². The van der Waals surface area contributed by atoms with Gasteiger partial charge in [0.15, 0.2) is 11.5 Å². The van der Waals surface area contributed by atoms with Crippen LogP contribution in [0, 0.1) is 11.8 Å². The van der Waals surface area contributed by atoms with Gasteiger partial charge in [-0.25, -0.2) is 0 Å². The first-order valence-corrected chi connectivity index (χ1v) is 10.3. The molecule has 168 valence electrons. The molecule has 0 aliphatic carbocycles. The fraction of sp³-hybridized carbons (Fsp3) is 0.391. The van der Waals surface area contributed by atoms with Crippen LogP contribution in [0.25, 0.3) is 0 Å². The number of ether oxygens (including phenoxy) is 4. The molecular weight excluding hydrogens is 416 g/mol. The number of furan rings is 1. The van der Waals surface area contributed by atoms with Gasteiger partial charge in [0.25, 0.3) is 0 Å². The van der Waals surface area contributed by atoms with E-state index in [-0.39, 0.29) is 11.8 Å². The number of fused-ring (bicyclic) bond motifs is 1. The summed E-state index contributed by atoms with van der Waals surface area (Å²) in [5.41, 5.74) is -0.311. The maximum absolute atomic E-state index is 13.3. The van der Waals surface area contributed by atoms with Crippen LogP contribution in [0.3, 0.4) is 0 Å². The second kappa shape index (κ2) is 7.59. The molecule has 2 fully saturated rings. The number of likely N-dealkylation sites (tertiary alicyclic amines) is 1. The molecule has 1 aromatic carbocycles. The van der Waals surface area contributed by atoms with Crippen molar-refractivity contribution in [2.45, 2.75) is 18.2 Å². The lowest BCUT2D eigenvalue weighted by Crippen LogP contribution is -2.41. The molecule has 2 amide bonds. The van der Waals surface area contributed by atoms with Gasteiger partial charge in [-0.1, -0.05) is 12.2 Å². The Labute approximate surface area is 184 Å². The molecule has 2 unspecified atom stereocenters. The summed E-state index contributed by atoms with van der Waals surface area (Å²) < 4.78 is 27.6. The third-order valence-electron chi connectivity index (χ3n) is 6.34. The summed E-state index contributed by atoms with van der Waals surface area (Å²) in [6.07, 6.45) is 4.92. The van der Waals surface area contributed by atoms with Gasteiger partial charge in [-0.15, -0.1) is 0 Å². The standard InChI is InChI=1S/C23H24N2O7/c1-28-16-9-13(10-17(29-2)20(16)30-3)24-21(26)18-15-6-7-23(32-15)12-25(22(27)19(18)23)11-14-5-4-8-31-14/h4-10,15,18-19H,11-12H2,1-3H3,(H,24,26)/t15-,18?,19?,23-/m1/s1. The molecule has 2 saturated heterocycles. The Morgan fingerprint density at radius 1 is 1.22 bits per heavy atom. The van der Waals surface area contributed by atoms with Crippen LogP contribution in [0.1, 0.15) is 5.76 Å². The minimum atomic E-state index is -0.786. The van der Waals surface area contributed by atoms with Gasteiger partial charge in [0.1, 0.15) is 11.4 Å². The molecule has 1 spiro atoms. The lowest BCUT2D eigenvalue weighted by Gasteiger charge is -2.23. The van der Waals surface area contributed by atoms with Gasteiger partial charge < -0.3 is 33.6 Å². The minimum absolute atomic E-state index is 0.113. The molecule has 1 N–H and O–H groups in total. The summed E-state index contributed by atoms with van der Waals surface area (Å²) in [7, 11) is 4.52. The molecular formula is C23H24N2O7. The molecule has 2 aromatic rings. The zero-order valence-corrected chi connectivity index (χ0v) is 18.0. The topological polar surface area (TPSA) is 99.5 Å². The largest absolute Gasteiger partial charge is 0.493 e. The van der Waals surface area contributed by atoms with Crippen molar-refractivity contribution in [2.75, 3.05) is 33.2 Å². The number of anilines is 1. The van der Waals surface area contributed by atoms with Crippen molar-refractivity contribution < 1.29 is 33.0 Å². The number of methoxy groups -OCH3 is 3. The molecule has 2 bridgehead atoms. The first-order valence-electron chi connectivity index (χ1n) is 10.3. The molecule has 9 heteroatoms. The Balaban J connectivity index is 1.39. The van der Waals surface area contributed by atoms with Gasteiger partial charge in [0.2, 0.25) is 17.6 Å². The van der Waals surface area contributed by atoms with Crippen LogP contribution in [0.15, 0.2) is 47.1 Å². The van der Waals surface area contributed by atoms with Gasteiger partial charge in [0, 0.05) is 17.8 Å². The number of nitrogens with one attached hydrogen (secondary N) is 1. The van der Waals surface area contributed by atoms with Gasteiger partial charge in [-0.05, 0) is 12.1 Å². The lowest BCUT2D eigenvalue weighted by molar-refractivity contribution is -0.136. The van der Waals surface area contributed by atoms with Crippen molar-refractivity contribution in [1.82, 2.24) is 4.90 Å². The van der Waals surface area contributed by atoms with E-state index < -0.39 is 23.5 Å². The van der Waals surface area contributed by atoms with Crippen LogP contribution in [0.5, 0.6) is 17.2 Å². The lowest BCUT2D eigenvalue weighted by atomic mass is 9.77. The Morgan fingerprint density at radius 3 is 2.59 bits per heavy atom. The highest BCUT2D eigenvalue weighted by atomic mass is 16.5. The van der Waals surface area contributed by atoms with Crippen LogP contribution >= 0.6 is 0 Å². The Bertz CT molecular complexity index is 1060. The van der Waals surface area contributed by atoms with Crippen molar-refractivity contribution >= 4 is 17.5 Å². The molecule has 3 aliphatic rings. The Hall–Kier alpha value is -3.46. The van der Waals surface area contributed by atoms with Gasteiger partial charge in [-0.2, -0.15) is 0 Å². The number of hydrogen-bond donors (Lipinski definition) is 1. The fourth-order valence-corrected chi connectivity index (χ4v) is 4.98. The normalized spacial score (nSPS) is 27.5. The van der Waals surface area contributed by atoms with E-state index in [1.807, 2.05) is 18.2 Å². The van der Waals surface area contributed by atoms with Crippen LogP contribution in [-0.4, -0.2) is 56.3 Å². The van der Waals surface area contributed by atoms with Crippen LogP contribution in [0.4, 0.5) is 5.69 Å². The minimum Gasteiger partial charge on any atom is -0.493 e. The quantitative estimate of drug-likeness (QED) is 0.659. The molecule has 0 saturated carbocycles. The molecule has 9 nitrogen and oxygen atoms in total. The second-order valence-electron chi connectivity index (χ2n) is 8.08. The summed E-state index contributed by atoms with van der Waals surface area (Å²) in [4.78, 5) is 28.3. The number of benzene rings is 1. The molecule has 1 aromatic heterocycles. The average Bonchev–Trinajstić information content (AvgIpc) is 3.56. The second-order valence-corrected chi connectivity index (χ2v) is 8.08. The molecule has 4 atom stereocenters. The van der Waals surface area contributed by atoms with Crippen LogP contribution in [0.2, 0.25) is 0 Å². The maximum atomic E-state index is 13.3. The monoisotopic (exact) mass is 440 g/mol. The summed E-state index contributed by atoms with van der Waals surface area (Å²) in [5.74, 6) is 0.313. The number of rotatable bonds is 7. The highest BCUT2D eigenvalue weighted by Crippen LogP contribution is 2.52. The SMILES string of the molecule is COc1cc(NC(=O)C2C3C(=O)N(Cc4ccco4)C[C@]34C=C[C@H]2O4)cc(OC)c1OC. The first kappa shape index (κ1) is 20.4. The van der Waals surface area contributed by atoms with E-state index in [1.165, 1.54) is 21.3 Å². The smallest absolute Gasteiger partial charge is 0.231 e. The summed E-state index contributed by atoms with van der Waals surface area (Å²) in [5, 5.41) is 2.90. The van der Waals surface area contributed by atoms with Gasteiger partial charge in [-0.3, -0.25) is 9.59 Å². The van der Waals surface area contributed by atoms with Crippen molar-refractivity contribution in [3.05, 3.63) is 48.4 Å². The predicted octanol–water partition coefficient (Wildman–Crippen LogP) is 2.23. The maximum Gasteiger partial charge on any atom is 0.231 e. The van der Waals surface area contributed by atoms with Crippen molar-refractivity contribution in [2.24, 2.45) is 11.8 Å². The van der Waals surface area contributed by atoms with E-state index in [4.69, 9.17) is 23.4 Å². The zero-order valence-electron chi connectivity index (χ0n) is 18.0. The van der Waals surface area contributed by atoms with Crippen molar-refractivity contribution in [3.8, 4) is 17.2 Å². The number of nitrogens with zero attached hydrogens (tertiary/aromatic N) is 1. The van der Waals surface area contributed by atoms with Crippen molar-refractivity contribution in [3.63, 3.8) is 0 Å². The van der Waals surface area contributed by atoms with Crippen LogP contribution < -0.4 is 19.5 Å². The predicted molar refractivity (Wildman–Crippen MR) is 113 cm³/mol. The van der Waals surface area contributed by atoms with E-state index in [0.717, 1.165) is 0 Å². The highest BCUT2D eigenvalue weighted by Gasteiger charge is 2.66. The summed E-state index contributed by atoms with van der Waals surface area (Å²) >= 11 is 0. The Kier molecular flexibility index (Phi) is 4.85. The van der Waals surface area contributed by atoms with E-state index >= 15 is 0 Å². The number of carbonyl (C=O) groups is 2. The fourth-order valence-electron chi connectivity index (χ4n) is 4.98. The molecule has 3 aliphatic heterocycles. The highest BCUT2D eigenvalue weighted by molar-refractivity contribution is 5.99. The molecule has 5 rings (SSSR count). The third-order valence-corrected chi connectivity index (χ3v) is 6.34. The Morgan fingerprint density at radius 2 is 1.97 bits per heavy atom. The molecule has 32 heavy (non-hydrogen) atoms. The molecule has 0 radical (unpaired) electrons. The van der Waals surface area contributed by atoms with E-state index in [0.29, 0.717) is 41.8 Å². The molecule has 4 heterocycles. The summed E-state index contributed by atoms with van der Waals surface area (Å²) in [6.45, 7) is 0.728. The van der Waals surface area contributed by atoms with Gasteiger partial charge in [0.05, 0.1) is 58.6 Å².